The number of carboxylic acids is 1. The Morgan fingerprint density at radius 1 is 1.19 bits per heavy atom. The van der Waals surface area contributed by atoms with Gasteiger partial charge in [0.25, 0.3) is 0 Å². The molecule has 2 atom stereocenters. The highest BCUT2D eigenvalue weighted by atomic mass is 19.4. The van der Waals surface area contributed by atoms with E-state index in [4.69, 9.17) is 5.11 Å². The molecule has 3 rings (SSSR count). The van der Waals surface area contributed by atoms with E-state index in [-0.39, 0.29) is 37.9 Å². The van der Waals surface area contributed by atoms with Gasteiger partial charge in [-0.05, 0) is 24.1 Å². The highest BCUT2D eigenvalue weighted by Crippen LogP contribution is 2.31. The molecule has 2 aliphatic heterocycles. The Morgan fingerprint density at radius 3 is 2.56 bits per heavy atom. The maximum atomic E-state index is 12.8. The van der Waals surface area contributed by atoms with E-state index in [9.17, 15) is 27.6 Å². The Hall–Kier alpha value is -2.58. The number of nitrogens with zero attached hydrogens (tertiary/aromatic N) is 2. The molecule has 2 heterocycles. The number of halogens is 3. The average molecular weight is 384 g/mol. The lowest BCUT2D eigenvalue weighted by Gasteiger charge is -2.21. The first-order valence-corrected chi connectivity index (χ1v) is 8.60. The van der Waals surface area contributed by atoms with Crippen LogP contribution < -0.4 is 0 Å². The van der Waals surface area contributed by atoms with E-state index in [1.165, 1.54) is 21.9 Å². The van der Waals surface area contributed by atoms with Crippen LogP contribution in [-0.4, -0.2) is 52.3 Å². The lowest BCUT2D eigenvalue weighted by molar-refractivity contribution is -0.142. The third kappa shape index (κ3) is 4.23. The summed E-state index contributed by atoms with van der Waals surface area (Å²) < 4.78 is 38.4. The number of aliphatic carboxylic acids is 1. The van der Waals surface area contributed by atoms with Gasteiger partial charge in [-0.25, -0.2) is 0 Å². The zero-order chi connectivity index (χ0) is 19.8. The van der Waals surface area contributed by atoms with E-state index >= 15 is 0 Å². The van der Waals surface area contributed by atoms with Crippen molar-refractivity contribution in [3.05, 3.63) is 35.4 Å². The van der Waals surface area contributed by atoms with Gasteiger partial charge in [0.1, 0.15) is 0 Å². The van der Waals surface area contributed by atoms with Crippen LogP contribution in [0, 0.1) is 11.8 Å². The lowest BCUT2D eigenvalue weighted by atomic mass is 10.1. The average Bonchev–Trinajstić information content (AvgIpc) is 3.22. The number of carbonyl (C=O) groups is 3. The van der Waals surface area contributed by atoms with Gasteiger partial charge in [-0.3, -0.25) is 14.4 Å². The monoisotopic (exact) mass is 384 g/mol. The van der Waals surface area contributed by atoms with Crippen LogP contribution in [0.15, 0.2) is 24.3 Å². The molecule has 2 saturated heterocycles. The molecule has 2 fully saturated rings. The van der Waals surface area contributed by atoms with Gasteiger partial charge in [-0.15, -0.1) is 0 Å². The van der Waals surface area contributed by atoms with Gasteiger partial charge in [-0.1, -0.05) is 12.1 Å². The molecule has 0 saturated carbocycles. The molecule has 0 aliphatic carbocycles. The predicted molar refractivity (Wildman–Crippen MR) is 87.3 cm³/mol. The van der Waals surface area contributed by atoms with E-state index in [2.05, 4.69) is 0 Å². The summed E-state index contributed by atoms with van der Waals surface area (Å²) in [4.78, 5) is 38.6. The third-order valence-electron chi connectivity index (χ3n) is 5.04. The van der Waals surface area contributed by atoms with E-state index in [1.54, 1.807) is 0 Å². The maximum Gasteiger partial charge on any atom is 0.416 e. The van der Waals surface area contributed by atoms with Gasteiger partial charge in [-0.2, -0.15) is 13.2 Å². The Morgan fingerprint density at radius 2 is 1.93 bits per heavy atom. The molecule has 1 aromatic carbocycles. The summed E-state index contributed by atoms with van der Waals surface area (Å²) in [7, 11) is 0. The SMILES string of the molecule is O=C(O)[C@@H]1CCN(C(=O)[C@H]2CC(=O)N(Cc3cccc(C(F)(F)F)c3)C2)C1. The smallest absolute Gasteiger partial charge is 0.416 e. The first kappa shape index (κ1) is 19.2. The summed E-state index contributed by atoms with van der Waals surface area (Å²) in [6, 6.07) is 4.77. The number of carboxylic acid groups (broad SMARTS) is 1. The van der Waals surface area contributed by atoms with Crippen molar-refractivity contribution in [1.29, 1.82) is 0 Å². The second-order valence-electron chi connectivity index (χ2n) is 6.98. The molecule has 9 heteroatoms. The van der Waals surface area contributed by atoms with Crippen molar-refractivity contribution in [2.45, 2.75) is 25.6 Å². The van der Waals surface area contributed by atoms with Gasteiger partial charge in [0, 0.05) is 32.6 Å². The minimum absolute atomic E-state index is 0.00425. The van der Waals surface area contributed by atoms with Crippen LogP contribution in [0.3, 0.4) is 0 Å². The standard InChI is InChI=1S/C18H19F3N2O4/c19-18(20,21)14-3-1-2-11(6-14)8-23-10-13(7-15(23)24)16(25)22-5-4-12(9-22)17(26)27/h1-3,6,12-13H,4-5,7-10H2,(H,26,27)/t12-,13+/m1/s1. The topological polar surface area (TPSA) is 77.9 Å². The number of rotatable bonds is 4. The van der Waals surface area contributed by atoms with E-state index < -0.39 is 29.5 Å². The van der Waals surface area contributed by atoms with E-state index in [0.717, 1.165) is 12.1 Å². The largest absolute Gasteiger partial charge is 0.481 e. The fraction of sp³-hybridized carbons (Fsp3) is 0.500. The number of amides is 2. The number of likely N-dealkylation sites (tertiary alicyclic amines) is 2. The molecule has 0 radical (unpaired) electrons. The number of carbonyl (C=O) groups excluding carboxylic acids is 2. The van der Waals surface area contributed by atoms with Gasteiger partial charge >= 0.3 is 12.1 Å². The van der Waals surface area contributed by atoms with Gasteiger partial charge < -0.3 is 14.9 Å². The summed E-state index contributed by atoms with van der Waals surface area (Å²) in [5.74, 6) is -2.68. The van der Waals surface area contributed by atoms with Crippen molar-refractivity contribution >= 4 is 17.8 Å². The first-order valence-electron chi connectivity index (χ1n) is 8.60. The molecule has 27 heavy (non-hydrogen) atoms. The van der Waals surface area contributed by atoms with Crippen LogP contribution in [0.5, 0.6) is 0 Å². The van der Waals surface area contributed by atoms with Crippen molar-refractivity contribution in [3.8, 4) is 0 Å². The fourth-order valence-electron chi connectivity index (χ4n) is 3.58. The summed E-state index contributed by atoms with van der Waals surface area (Å²) >= 11 is 0. The molecular formula is C18H19F3N2O4. The van der Waals surface area contributed by atoms with Crippen molar-refractivity contribution in [3.63, 3.8) is 0 Å². The van der Waals surface area contributed by atoms with E-state index in [0.29, 0.717) is 18.5 Å². The number of hydrogen-bond acceptors (Lipinski definition) is 3. The van der Waals surface area contributed by atoms with Crippen LogP contribution in [0.1, 0.15) is 24.0 Å². The van der Waals surface area contributed by atoms with Crippen molar-refractivity contribution in [2.75, 3.05) is 19.6 Å². The second kappa shape index (κ2) is 7.21. The Bertz CT molecular complexity index is 765. The van der Waals surface area contributed by atoms with Crippen molar-refractivity contribution < 1.29 is 32.7 Å². The first-order chi connectivity index (χ1) is 12.6. The highest BCUT2D eigenvalue weighted by Gasteiger charge is 2.40. The summed E-state index contributed by atoms with van der Waals surface area (Å²) in [6.45, 7) is 0.604. The number of benzene rings is 1. The maximum absolute atomic E-state index is 12.8. The highest BCUT2D eigenvalue weighted by molar-refractivity contribution is 5.89. The minimum Gasteiger partial charge on any atom is -0.481 e. The van der Waals surface area contributed by atoms with Gasteiger partial charge in [0.15, 0.2) is 0 Å². The molecule has 0 bridgehead atoms. The Balaban J connectivity index is 1.63. The van der Waals surface area contributed by atoms with Crippen LogP contribution in [-0.2, 0) is 27.1 Å². The van der Waals surface area contributed by atoms with Crippen LogP contribution >= 0.6 is 0 Å². The fourth-order valence-corrected chi connectivity index (χ4v) is 3.58. The molecule has 2 aliphatic rings. The quantitative estimate of drug-likeness (QED) is 0.861. The number of hydrogen-bond donors (Lipinski definition) is 1. The van der Waals surface area contributed by atoms with E-state index in [1.807, 2.05) is 0 Å². The van der Waals surface area contributed by atoms with Crippen LogP contribution in [0.25, 0.3) is 0 Å². The van der Waals surface area contributed by atoms with Crippen molar-refractivity contribution in [1.82, 2.24) is 9.80 Å². The van der Waals surface area contributed by atoms with Crippen LogP contribution in [0.2, 0.25) is 0 Å². The Labute approximate surface area is 153 Å². The summed E-state index contributed by atoms with van der Waals surface area (Å²) in [5.41, 5.74) is -0.436. The molecule has 0 spiro atoms. The molecule has 6 nitrogen and oxygen atoms in total. The van der Waals surface area contributed by atoms with Gasteiger partial charge in [0.2, 0.25) is 11.8 Å². The second-order valence-corrected chi connectivity index (χ2v) is 6.98. The lowest BCUT2D eigenvalue weighted by Crippen LogP contribution is -2.36. The molecule has 2 amide bonds. The van der Waals surface area contributed by atoms with Crippen molar-refractivity contribution in [2.24, 2.45) is 11.8 Å². The molecule has 1 N–H and O–H groups in total. The summed E-state index contributed by atoms with van der Waals surface area (Å²) in [6.07, 6.45) is -4.08. The third-order valence-corrected chi connectivity index (χ3v) is 5.04. The summed E-state index contributed by atoms with van der Waals surface area (Å²) in [5, 5.41) is 9.03. The number of alkyl halides is 3. The predicted octanol–water partition coefficient (Wildman–Crippen LogP) is 1.99. The molecule has 1 aromatic rings. The molecular weight excluding hydrogens is 365 g/mol. The zero-order valence-corrected chi connectivity index (χ0v) is 14.4. The minimum atomic E-state index is -4.46. The molecule has 0 aromatic heterocycles. The van der Waals surface area contributed by atoms with Crippen LogP contribution in [0.4, 0.5) is 13.2 Å². The molecule has 146 valence electrons. The Kier molecular flexibility index (Phi) is 5.12. The molecule has 0 unspecified atom stereocenters. The van der Waals surface area contributed by atoms with Gasteiger partial charge in [0.05, 0.1) is 17.4 Å². The normalized spacial score (nSPS) is 23.1. The zero-order valence-electron chi connectivity index (χ0n) is 14.4.